The summed E-state index contributed by atoms with van der Waals surface area (Å²) in [6.45, 7) is 9.36. The number of halogens is 4. The molecule has 0 saturated carbocycles. The van der Waals surface area contributed by atoms with E-state index in [0.717, 1.165) is 11.1 Å². The fraction of sp³-hybridized carbons (Fsp3) is 0.500. The highest BCUT2D eigenvalue weighted by Gasteiger charge is 2.26. The van der Waals surface area contributed by atoms with Crippen LogP contribution < -0.4 is 10.5 Å². The van der Waals surface area contributed by atoms with Gasteiger partial charge in [0.15, 0.2) is 0 Å². The number of nitriles is 2. The first-order valence-corrected chi connectivity index (χ1v) is 15.5. The third-order valence-corrected chi connectivity index (χ3v) is 7.95. The van der Waals surface area contributed by atoms with Crippen LogP contribution in [-0.4, -0.2) is 34.1 Å². The summed E-state index contributed by atoms with van der Waals surface area (Å²) in [6.07, 6.45) is 1.44. The monoisotopic (exact) mass is 704 g/mol. The van der Waals surface area contributed by atoms with Gasteiger partial charge in [0.2, 0.25) is 0 Å². The van der Waals surface area contributed by atoms with E-state index >= 15 is 0 Å². The van der Waals surface area contributed by atoms with Crippen molar-refractivity contribution in [3.63, 3.8) is 0 Å². The molecular weight excluding hydrogens is 661 g/mol. The molecule has 3 N–H and O–H groups in total. The summed E-state index contributed by atoms with van der Waals surface area (Å²) in [4.78, 5) is 23.2. The van der Waals surface area contributed by atoms with Crippen LogP contribution in [0.5, 0.6) is 0 Å². The quantitative estimate of drug-likeness (QED) is 0.210. The molecule has 0 aliphatic rings. The van der Waals surface area contributed by atoms with Gasteiger partial charge in [-0.2, -0.15) is 10.5 Å². The van der Waals surface area contributed by atoms with Crippen LogP contribution in [-0.2, 0) is 30.0 Å². The number of nitrogens with two attached hydrogens (primary N) is 1. The van der Waals surface area contributed by atoms with Gasteiger partial charge >= 0.3 is 11.9 Å². The lowest BCUT2D eigenvalue weighted by Gasteiger charge is -2.25. The van der Waals surface area contributed by atoms with Gasteiger partial charge in [-0.3, -0.25) is 9.59 Å². The summed E-state index contributed by atoms with van der Waals surface area (Å²) in [6, 6.07) is 14.9. The lowest BCUT2D eigenvalue weighted by Crippen LogP contribution is -2.36. The van der Waals surface area contributed by atoms with E-state index in [-0.39, 0.29) is 68.2 Å². The highest BCUT2D eigenvalue weighted by Crippen LogP contribution is 2.25. The van der Waals surface area contributed by atoms with Crippen molar-refractivity contribution in [2.75, 3.05) is 13.2 Å². The van der Waals surface area contributed by atoms with Crippen LogP contribution in [0.15, 0.2) is 48.5 Å². The van der Waals surface area contributed by atoms with Crippen LogP contribution in [0.4, 0.5) is 8.78 Å². The fourth-order valence-corrected chi connectivity index (χ4v) is 4.67. The van der Waals surface area contributed by atoms with Crippen LogP contribution >= 0.6 is 24.8 Å². The summed E-state index contributed by atoms with van der Waals surface area (Å²) in [5.74, 6) is -3.44. The largest absolute Gasteiger partial charge is 0.465 e. The minimum Gasteiger partial charge on any atom is -0.465 e. The number of carbonyl (C=O) groups excluding carboxylic acids is 2. The number of esters is 2. The molecule has 2 aromatic rings. The lowest BCUT2D eigenvalue weighted by molar-refractivity contribution is -0.147. The summed E-state index contributed by atoms with van der Waals surface area (Å²) >= 11 is 0. The van der Waals surface area contributed by atoms with Crippen molar-refractivity contribution in [3.8, 4) is 12.1 Å². The van der Waals surface area contributed by atoms with Crippen LogP contribution in [0.1, 0.15) is 83.5 Å². The number of hydrogen-bond acceptors (Lipinski definition) is 8. The van der Waals surface area contributed by atoms with E-state index in [2.05, 4.69) is 4.72 Å². The van der Waals surface area contributed by atoms with E-state index in [4.69, 9.17) is 20.5 Å². The molecular formula is C32H44Cl2F2N4O5S. The Hall–Kier alpha value is -3.13. The van der Waals surface area contributed by atoms with Crippen LogP contribution in [0.25, 0.3) is 0 Å². The Morgan fingerprint density at radius 1 is 0.804 bits per heavy atom. The van der Waals surface area contributed by atoms with Gasteiger partial charge in [-0.15, -0.1) is 24.8 Å². The molecule has 9 nitrogen and oxygen atoms in total. The molecule has 5 atom stereocenters. The van der Waals surface area contributed by atoms with Gasteiger partial charge in [-0.25, -0.2) is 17.7 Å². The van der Waals surface area contributed by atoms with Crippen molar-refractivity contribution in [2.24, 2.45) is 17.6 Å². The van der Waals surface area contributed by atoms with E-state index in [9.17, 15) is 27.8 Å². The highest BCUT2D eigenvalue weighted by molar-refractivity contribution is 7.84. The minimum atomic E-state index is -1.35. The number of carbonyl (C=O) groups is 2. The van der Waals surface area contributed by atoms with Gasteiger partial charge < -0.3 is 15.2 Å². The van der Waals surface area contributed by atoms with Crippen LogP contribution in [0.3, 0.4) is 0 Å². The molecule has 0 fully saturated rings. The van der Waals surface area contributed by atoms with Gasteiger partial charge in [0.1, 0.15) is 23.5 Å². The Bertz CT molecular complexity index is 1300. The Kier molecular flexibility index (Phi) is 22.7. The molecule has 0 spiro atoms. The number of ether oxygens (including phenoxy) is 2. The maximum Gasteiger partial charge on any atom is 0.323 e. The smallest absolute Gasteiger partial charge is 0.323 e. The summed E-state index contributed by atoms with van der Waals surface area (Å²) < 4.78 is 50.6. The molecule has 0 aliphatic heterocycles. The third-order valence-electron chi connectivity index (χ3n) is 6.34. The zero-order valence-corrected chi connectivity index (χ0v) is 29.1. The molecule has 0 saturated heterocycles. The SMILES string of the molecule is CCOC(=O)C(C#N)CC[C@@H](N)c1ccc(F)cc1.CCOC(=O)C(C#N)CC[C@@H](N[S@](=O)C(C)(C)C)c1ccc(F)cc1.Cl.Cl. The van der Waals surface area contributed by atoms with E-state index in [1.165, 1.54) is 24.3 Å². The maximum atomic E-state index is 13.2. The topological polar surface area (TPSA) is 155 Å². The molecule has 2 unspecified atom stereocenters. The average Bonchev–Trinajstić information content (AvgIpc) is 2.98. The Morgan fingerprint density at radius 3 is 1.57 bits per heavy atom. The number of nitrogens with one attached hydrogen (secondary N) is 1. The molecule has 0 heterocycles. The molecule has 0 aliphatic carbocycles. The summed E-state index contributed by atoms with van der Waals surface area (Å²) in [5.41, 5.74) is 7.47. The molecule has 14 heteroatoms. The van der Waals surface area contributed by atoms with Gasteiger partial charge in [-0.05, 0) is 95.7 Å². The van der Waals surface area contributed by atoms with Crippen molar-refractivity contribution < 1.29 is 32.1 Å². The third kappa shape index (κ3) is 16.4. The standard InChI is InChI=1S/C18H25FN2O3S.C14H17FN2O2.2ClH/c1-5-24-17(22)14(12-20)8-11-16(21-25(23)18(2,3)4)13-6-9-15(19)10-7-13;1-2-19-14(18)11(9-16)5-8-13(17)10-3-6-12(15)7-4-10;;/h6-7,9-10,14,16,21H,5,8,11H2,1-4H3;3-4,6-7,11,13H,2,5,8,17H2,1H3;2*1H/t14?,16-,25-;11?,13-;;/m11../s1. The number of nitrogens with zero attached hydrogens (tertiary/aromatic N) is 2. The average molecular weight is 706 g/mol. The van der Waals surface area contributed by atoms with Gasteiger partial charge in [0.25, 0.3) is 0 Å². The predicted molar refractivity (Wildman–Crippen MR) is 178 cm³/mol. The minimum absolute atomic E-state index is 0. The second kappa shape index (κ2) is 23.2. The molecule has 0 amide bonds. The second-order valence-corrected chi connectivity index (χ2v) is 12.8. The second-order valence-electron chi connectivity index (χ2n) is 10.8. The predicted octanol–water partition coefficient (Wildman–Crippen LogP) is 6.55. The molecule has 46 heavy (non-hydrogen) atoms. The fourth-order valence-electron chi connectivity index (χ4n) is 3.81. The number of hydrogen-bond donors (Lipinski definition) is 2. The molecule has 0 bridgehead atoms. The number of benzene rings is 2. The number of rotatable bonds is 14. The van der Waals surface area contributed by atoms with E-state index in [1.807, 2.05) is 32.9 Å². The highest BCUT2D eigenvalue weighted by atomic mass is 35.5. The van der Waals surface area contributed by atoms with Crippen molar-refractivity contribution in [3.05, 3.63) is 71.3 Å². The van der Waals surface area contributed by atoms with E-state index in [1.54, 1.807) is 38.1 Å². The van der Waals surface area contributed by atoms with Gasteiger partial charge in [0.05, 0.1) is 41.1 Å². The lowest BCUT2D eigenvalue weighted by atomic mass is 9.97. The normalized spacial score (nSPS) is 13.7. The maximum absolute atomic E-state index is 13.2. The molecule has 2 aromatic carbocycles. The van der Waals surface area contributed by atoms with E-state index < -0.39 is 39.5 Å². The van der Waals surface area contributed by atoms with Crippen molar-refractivity contribution in [2.45, 2.75) is 77.1 Å². The van der Waals surface area contributed by atoms with Gasteiger partial charge in [-0.1, -0.05) is 24.3 Å². The summed E-state index contributed by atoms with van der Waals surface area (Å²) in [5, 5.41) is 18.1. The first-order valence-electron chi connectivity index (χ1n) is 14.3. The van der Waals surface area contributed by atoms with Crippen molar-refractivity contribution >= 4 is 47.7 Å². The summed E-state index contributed by atoms with van der Waals surface area (Å²) in [7, 11) is -1.35. The Labute approximate surface area is 285 Å². The first kappa shape index (κ1) is 45.0. The van der Waals surface area contributed by atoms with E-state index in [0.29, 0.717) is 19.3 Å². The van der Waals surface area contributed by atoms with Crippen molar-refractivity contribution in [1.82, 2.24) is 4.72 Å². The molecule has 2 rings (SSSR count). The van der Waals surface area contributed by atoms with Crippen molar-refractivity contribution in [1.29, 1.82) is 10.5 Å². The Morgan fingerprint density at radius 2 is 1.20 bits per heavy atom. The van der Waals surface area contributed by atoms with Gasteiger partial charge in [0, 0.05) is 12.1 Å². The molecule has 256 valence electrons. The zero-order valence-electron chi connectivity index (χ0n) is 26.7. The Balaban J connectivity index is 0. The molecule has 0 aromatic heterocycles. The van der Waals surface area contributed by atoms with Crippen LogP contribution in [0, 0.1) is 46.1 Å². The van der Waals surface area contributed by atoms with Crippen LogP contribution in [0.2, 0.25) is 0 Å². The molecule has 0 radical (unpaired) electrons. The first-order chi connectivity index (χ1) is 20.8. The zero-order chi connectivity index (χ0) is 33.3.